The molecule has 1 saturated heterocycles. The minimum atomic E-state index is -0.372. The molecule has 2 aromatic carbocycles. The molecule has 1 fully saturated rings. The molecule has 0 aliphatic carbocycles. The van der Waals surface area contributed by atoms with Gasteiger partial charge in [0.05, 0.1) is 18.4 Å². The summed E-state index contributed by atoms with van der Waals surface area (Å²) >= 11 is 0. The lowest BCUT2D eigenvalue weighted by molar-refractivity contribution is -0.191. The largest absolute Gasteiger partial charge is 0.351 e. The van der Waals surface area contributed by atoms with Crippen molar-refractivity contribution in [2.75, 3.05) is 13.2 Å². The van der Waals surface area contributed by atoms with Gasteiger partial charge in [-0.25, -0.2) is 0 Å². The maximum absolute atomic E-state index is 5.91. The topological polar surface area (TPSA) is 18.5 Å². The average Bonchev–Trinajstić information content (AvgIpc) is 2.56. The van der Waals surface area contributed by atoms with Crippen LogP contribution in [0.1, 0.15) is 17.5 Å². The highest BCUT2D eigenvalue weighted by Gasteiger charge is 2.40. The number of hydrogen-bond donors (Lipinski definition) is 0. The molecule has 0 spiro atoms. The Labute approximate surface area is 122 Å². The van der Waals surface area contributed by atoms with Crippen LogP contribution in [0, 0.1) is 0 Å². The third-order valence-corrected chi connectivity index (χ3v) is 4.64. The van der Waals surface area contributed by atoms with Crippen LogP contribution in [-0.2, 0) is 14.6 Å². The highest BCUT2D eigenvalue weighted by molar-refractivity contribution is 7.19. The van der Waals surface area contributed by atoms with Gasteiger partial charge in [-0.3, -0.25) is 0 Å². The maximum Gasteiger partial charge on any atom is 0.174 e. The molecule has 3 rings (SSSR count). The van der Waals surface area contributed by atoms with Crippen molar-refractivity contribution < 1.29 is 9.47 Å². The Morgan fingerprint density at radius 1 is 0.800 bits per heavy atom. The summed E-state index contributed by atoms with van der Waals surface area (Å²) in [5, 5.41) is -0.372. The molecule has 3 heteroatoms. The normalized spacial score (nSPS) is 17.1. The van der Waals surface area contributed by atoms with Gasteiger partial charge < -0.3 is 9.47 Å². The van der Waals surface area contributed by atoms with Crippen LogP contribution in [0.25, 0.3) is 0 Å². The summed E-state index contributed by atoms with van der Waals surface area (Å²) in [6.07, 6.45) is 0.687. The zero-order valence-corrected chi connectivity index (χ0v) is 12.5. The summed E-state index contributed by atoms with van der Waals surface area (Å²) in [5.41, 5.74) is 2.37. The van der Waals surface area contributed by atoms with E-state index in [0.717, 1.165) is 19.6 Å². The van der Waals surface area contributed by atoms with Crippen LogP contribution in [0.2, 0.25) is 0 Å². The molecule has 1 atom stereocenters. The predicted molar refractivity (Wildman–Crippen MR) is 83.7 cm³/mol. The van der Waals surface area contributed by atoms with Crippen LogP contribution in [0.15, 0.2) is 60.7 Å². The molecule has 0 aromatic heterocycles. The number of ether oxygens (including phenoxy) is 2. The van der Waals surface area contributed by atoms with Gasteiger partial charge in [0.25, 0.3) is 0 Å². The number of benzene rings is 2. The lowest BCUT2D eigenvalue weighted by atomic mass is 9.89. The second kappa shape index (κ2) is 6.05. The average molecular weight is 286 g/mol. The summed E-state index contributed by atoms with van der Waals surface area (Å²) in [7, 11) is 2.96. The zero-order valence-electron chi connectivity index (χ0n) is 11.4. The first-order valence-corrected chi connectivity index (χ1v) is 7.52. The van der Waals surface area contributed by atoms with Crippen molar-refractivity contribution in [3.8, 4) is 0 Å². The first-order chi connectivity index (χ1) is 9.82. The monoisotopic (exact) mass is 286 g/mol. The van der Waals surface area contributed by atoms with Gasteiger partial charge in [-0.15, -0.1) is 9.24 Å². The molecule has 1 aliphatic heterocycles. The van der Waals surface area contributed by atoms with E-state index in [9.17, 15) is 0 Å². The number of hydrogen-bond acceptors (Lipinski definition) is 2. The second-order valence-corrected chi connectivity index (χ2v) is 5.94. The van der Waals surface area contributed by atoms with Crippen molar-refractivity contribution in [2.45, 2.75) is 17.9 Å². The molecule has 0 radical (unpaired) electrons. The van der Waals surface area contributed by atoms with E-state index in [1.54, 1.807) is 0 Å². The highest BCUT2D eigenvalue weighted by atomic mass is 31.0. The Hall–Kier alpha value is -1.21. The van der Waals surface area contributed by atoms with Crippen LogP contribution in [0.4, 0.5) is 0 Å². The molecule has 2 nitrogen and oxygen atoms in total. The summed E-state index contributed by atoms with van der Waals surface area (Å²) in [6.45, 7) is 1.50. The smallest absolute Gasteiger partial charge is 0.174 e. The molecule has 1 heterocycles. The van der Waals surface area contributed by atoms with Crippen LogP contribution in [0.5, 0.6) is 0 Å². The molecule has 2 aromatic rings. The van der Waals surface area contributed by atoms with E-state index in [1.165, 1.54) is 11.1 Å². The van der Waals surface area contributed by atoms with Gasteiger partial charge in [-0.2, -0.15) is 0 Å². The van der Waals surface area contributed by atoms with Gasteiger partial charge in [0.1, 0.15) is 0 Å². The van der Waals surface area contributed by atoms with Crippen LogP contribution in [-0.4, -0.2) is 19.5 Å². The van der Waals surface area contributed by atoms with Gasteiger partial charge in [0.2, 0.25) is 0 Å². The molecule has 0 N–H and O–H groups in total. The fourth-order valence-corrected chi connectivity index (χ4v) is 3.19. The van der Waals surface area contributed by atoms with Crippen molar-refractivity contribution in [3.05, 3.63) is 71.8 Å². The third-order valence-electron chi connectivity index (χ3n) is 3.70. The van der Waals surface area contributed by atoms with Gasteiger partial charge >= 0.3 is 0 Å². The lowest BCUT2D eigenvalue weighted by Crippen LogP contribution is -2.42. The van der Waals surface area contributed by atoms with Crippen molar-refractivity contribution in [1.29, 1.82) is 0 Å². The van der Waals surface area contributed by atoms with E-state index in [1.807, 2.05) is 12.1 Å². The van der Waals surface area contributed by atoms with Crippen molar-refractivity contribution >= 4 is 9.24 Å². The van der Waals surface area contributed by atoms with Crippen molar-refractivity contribution in [1.82, 2.24) is 0 Å². The summed E-state index contributed by atoms with van der Waals surface area (Å²) in [6, 6.07) is 20.8. The minimum Gasteiger partial charge on any atom is -0.351 e. The Bertz CT molecular complexity index is 496. The maximum atomic E-state index is 5.91. The van der Waals surface area contributed by atoms with E-state index >= 15 is 0 Å². The molecule has 1 unspecified atom stereocenters. The van der Waals surface area contributed by atoms with Crippen molar-refractivity contribution in [3.63, 3.8) is 0 Å². The van der Waals surface area contributed by atoms with E-state index in [4.69, 9.17) is 9.47 Å². The Kier molecular flexibility index (Phi) is 4.16. The summed E-state index contributed by atoms with van der Waals surface area (Å²) in [5.74, 6) is 0. The van der Waals surface area contributed by atoms with E-state index in [-0.39, 0.29) is 11.4 Å². The molecular formula is C17H19O2P. The fourth-order valence-electron chi connectivity index (χ4n) is 2.62. The molecule has 104 valence electrons. The molecule has 20 heavy (non-hydrogen) atoms. The highest BCUT2D eigenvalue weighted by Crippen LogP contribution is 2.44. The summed E-state index contributed by atoms with van der Waals surface area (Å²) < 4.78 is 11.8. The van der Waals surface area contributed by atoms with Gasteiger partial charge in [0, 0.05) is 0 Å². The Morgan fingerprint density at radius 3 is 1.70 bits per heavy atom. The van der Waals surface area contributed by atoms with Gasteiger partial charge in [0.15, 0.2) is 6.29 Å². The van der Waals surface area contributed by atoms with Gasteiger partial charge in [-0.05, 0) is 17.5 Å². The van der Waals surface area contributed by atoms with Crippen LogP contribution >= 0.6 is 9.24 Å². The van der Waals surface area contributed by atoms with Gasteiger partial charge in [-0.1, -0.05) is 60.7 Å². The second-order valence-electron chi connectivity index (χ2n) is 5.03. The van der Waals surface area contributed by atoms with E-state index in [2.05, 4.69) is 57.8 Å². The molecule has 0 saturated carbocycles. The molecule has 0 amide bonds. The standard InChI is InChI=1S/C17H19O2P/c20-17(14-8-3-1-4-9-14,15-10-5-2-6-11-15)16-18-12-7-13-19-16/h1-6,8-11,16H,7,12-13,20H2. The van der Waals surface area contributed by atoms with Crippen LogP contribution in [0.3, 0.4) is 0 Å². The third kappa shape index (κ3) is 2.52. The molecular weight excluding hydrogens is 267 g/mol. The van der Waals surface area contributed by atoms with E-state index < -0.39 is 0 Å². The van der Waals surface area contributed by atoms with E-state index in [0.29, 0.717) is 0 Å². The van der Waals surface area contributed by atoms with Crippen molar-refractivity contribution in [2.24, 2.45) is 0 Å². The first kappa shape index (κ1) is 13.8. The fraction of sp³-hybridized carbons (Fsp3) is 0.294. The SMILES string of the molecule is PC(c1ccccc1)(c1ccccc1)C1OCCCO1. The van der Waals surface area contributed by atoms with Crippen LogP contribution < -0.4 is 0 Å². The quantitative estimate of drug-likeness (QED) is 0.803. The predicted octanol–water partition coefficient (Wildman–Crippen LogP) is 3.57. The Balaban J connectivity index is 2.07. The Morgan fingerprint density at radius 2 is 1.25 bits per heavy atom. The number of rotatable bonds is 3. The summed E-state index contributed by atoms with van der Waals surface area (Å²) in [4.78, 5) is 0. The molecule has 0 bridgehead atoms. The minimum absolute atomic E-state index is 0.272. The lowest BCUT2D eigenvalue weighted by Gasteiger charge is -2.39. The molecule has 1 aliphatic rings. The first-order valence-electron chi connectivity index (χ1n) is 6.95. The zero-order chi connectivity index (χ0) is 13.8.